The molecule has 17 heavy (non-hydrogen) atoms. The van der Waals surface area contributed by atoms with Crippen LogP contribution in [-0.4, -0.2) is 18.6 Å². The fourth-order valence-corrected chi connectivity index (χ4v) is 1.15. The van der Waals surface area contributed by atoms with Gasteiger partial charge in [-0.1, -0.05) is 19.1 Å². The minimum absolute atomic E-state index is 0. The monoisotopic (exact) mass is 258 g/mol. The Morgan fingerprint density at radius 1 is 1.47 bits per heavy atom. The number of nitrogens with two attached hydrogens (primary N) is 1. The molecule has 3 N–H and O–H groups in total. The number of ether oxygens (including phenoxy) is 1. The predicted molar refractivity (Wildman–Crippen MR) is 71.8 cm³/mol. The van der Waals surface area contributed by atoms with Gasteiger partial charge in [-0.25, -0.2) is 0 Å². The topological polar surface area (TPSA) is 64.3 Å². The van der Waals surface area contributed by atoms with Crippen LogP contribution in [0.5, 0.6) is 5.75 Å². The van der Waals surface area contributed by atoms with E-state index in [1.165, 1.54) is 0 Å². The summed E-state index contributed by atoms with van der Waals surface area (Å²) >= 11 is 0. The molecule has 0 radical (unpaired) electrons. The first-order valence-corrected chi connectivity index (χ1v) is 5.43. The third-order valence-electron chi connectivity index (χ3n) is 2.02. The minimum Gasteiger partial charge on any atom is -0.491 e. The minimum atomic E-state index is -0.528. The average Bonchev–Trinajstić information content (AvgIpc) is 2.27. The lowest BCUT2D eigenvalue weighted by Crippen LogP contribution is -2.32. The Morgan fingerprint density at radius 3 is 2.71 bits per heavy atom. The number of carbonyl (C=O) groups is 1. The molecule has 1 amide bonds. The van der Waals surface area contributed by atoms with Crippen LogP contribution in [0, 0.1) is 0 Å². The van der Waals surface area contributed by atoms with Crippen molar-refractivity contribution in [2.24, 2.45) is 5.73 Å². The first kappa shape index (κ1) is 15.7. The number of hydrogen-bond acceptors (Lipinski definition) is 3. The molecule has 0 aliphatic heterocycles. The van der Waals surface area contributed by atoms with Crippen LogP contribution >= 0.6 is 12.4 Å². The van der Waals surface area contributed by atoms with Crippen LogP contribution in [0.4, 0.5) is 5.69 Å². The molecule has 5 heteroatoms. The number of anilines is 1. The van der Waals surface area contributed by atoms with E-state index in [-0.39, 0.29) is 18.3 Å². The first-order chi connectivity index (χ1) is 7.65. The number of carbonyl (C=O) groups excluding carboxylic acids is 1. The predicted octanol–water partition coefficient (Wildman–Crippen LogP) is 2.18. The lowest BCUT2D eigenvalue weighted by Gasteiger charge is -2.12. The highest BCUT2D eigenvalue weighted by atomic mass is 35.5. The van der Waals surface area contributed by atoms with E-state index in [1.54, 1.807) is 13.0 Å². The molecule has 1 aromatic carbocycles. The number of benzene rings is 1. The molecule has 1 atom stereocenters. The summed E-state index contributed by atoms with van der Waals surface area (Å²) in [6.45, 7) is 4.30. The van der Waals surface area contributed by atoms with Gasteiger partial charge in [-0.05, 0) is 25.5 Å². The van der Waals surface area contributed by atoms with Crippen LogP contribution in [0.3, 0.4) is 0 Å². The molecule has 0 saturated carbocycles. The molecule has 0 heterocycles. The van der Waals surface area contributed by atoms with Crippen LogP contribution in [0.2, 0.25) is 0 Å². The van der Waals surface area contributed by atoms with Gasteiger partial charge in [0.05, 0.1) is 18.3 Å². The van der Waals surface area contributed by atoms with Crippen LogP contribution in [0.15, 0.2) is 24.3 Å². The third kappa shape index (κ3) is 5.06. The largest absolute Gasteiger partial charge is 0.491 e. The summed E-state index contributed by atoms with van der Waals surface area (Å²) in [6, 6.07) is 6.80. The summed E-state index contributed by atoms with van der Waals surface area (Å²) in [4.78, 5) is 11.4. The lowest BCUT2D eigenvalue weighted by molar-refractivity contribution is -0.117. The fraction of sp³-hybridized carbons (Fsp3) is 0.417. The van der Waals surface area contributed by atoms with Gasteiger partial charge in [-0.2, -0.15) is 0 Å². The first-order valence-electron chi connectivity index (χ1n) is 5.43. The molecular weight excluding hydrogens is 240 g/mol. The van der Waals surface area contributed by atoms with Crippen LogP contribution in [0.25, 0.3) is 0 Å². The van der Waals surface area contributed by atoms with E-state index in [9.17, 15) is 4.79 Å². The molecule has 0 spiro atoms. The van der Waals surface area contributed by atoms with Gasteiger partial charge in [0, 0.05) is 0 Å². The van der Waals surface area contributed by atoms with E-state index < -0.39 is 6.04 Å². The molecule has 1 aromatic rings. The zero-order valence-electron chi connectivity index (χ0n) is 10.1. The standard InChI is InChI=1S/C12H18N2O2.ClH/c1-3-8-16-11-7-5-4-6-10(11)14-12(15)9(2)13;/h4-7,9H,3,8,13H2,1-2H3,(H,14,15);1H. The van der Waals surface area contributed by atoms with E-state index in [0.717, 1.165) is 6.42 Å². The van der Waals surface area contributed by atoms with E-state index in [4.69, 9.17) is 10.5 Å². The molecular formula is C12H19ClN2O2. The van der Waals surface area contributed by atoms with Crippen molar-refractivity contribution in [2.45, 2.75) is 26.3 Å². The Bertz CT molecular complexity index is 356. The Kier molecular flexibility index (Phi) is 7.34. The number of hydrogen-bond donors (Lipinski definition) is 2. The smallest absolute Gasteiger partial charge is 0.241 e. The second-order valence-corrected chi connectivity index (χ2v) is 3.62. The van der Waals surface area contributed by atoms with Gasteiger partial charge in [0.25, 0.3) is 0 Å². The van der Waals surface area contributed by atoms with Crippen molar-refractivity contribution in [1.82, 2.24) is 0 Å². The van der Waals surface area contributed by atoms with Crippen LogP contribution < -0.4 is 15.8 Å². The van der Waals surface area contributed by atoms with E-state index in [1.807, 2.05) is 25.1 Å². The summed E-state index contributed by atoms with van der Waals surface area (Å²) in [5, 5.41) is 2.73. The summed E-state index contributed by atoms with van der Waals surface area (Å²) < 4.78 is 5.51. The highest BCUT2D eigenvalue weighted by molar-refractivity contribution is 5.95. The van der Waals surface area contributed by atoms with Crippen molar-refractivity contribution >= 4 is 24.0 Å². The second-order valence-electron chi connectivity index (χ2n) is 3.62. The van der Waals surface area contributed by atoms with Crippen LogP contribution in [0.1, 0.15) is 20.3 Å². The highest BCUT2D eigenvalue weighted by Crippen LogP contribution is 2.23. The molecule has 0 saturated heterocycles. The maximum atomic E-state index is 11.4. The van der Waals surface area contributed by atoms with Gasteiger partial charge in [-0.3, -0.25) is 4.79 Å². The molecule has 0 aliphatic rings. The quantitative estimate of drug-likeness (QED) is 0.851. The normalized spacial score (nSPS) is 11.2. The Labute approximate surface area is 108 Å². The van der Waals surface area contributed by atoms with E-state index >= 15 is 0 Å². The summed E-state index contributed by atoms with van der Waals surface area (Å²) in [5.74, 6) is 0.464. The maximum absolute atomic E-state index is 11.4. The van der Waals surface area contributed by atoms with Crippen LogP contribution in [-0.2, 0) is 4.79 Å². The van der Waals surface area contributed by atoms with Crippen molar-refractivity contribution in [3.8, 4) is 5.75 Å². The number of rotatable bonds is 5. The third-order valence-corrected chi connectivity index (χ3v) is 2.02. The van der Waals surface area contributed by atoms with Gasteiger partial charge in [0.2, 0.25) is 5.91 Å². The van der Waals surface area contributed by atoms with Crippen molar-refractivity contribution in [2.75, 3.05) is 11.9 Å². The van der Waals surface area contributed by atoms with Crippen molar-refractivity contribution in [3.05, 3.63) is 24.3 Å². The molecule has 4 nitrogen and oxygen atoms in total. The Hall–Kier alpha value is -1.26. The van der Waals surface area contributed by atoms with Gasteiger partial charge in [0.15, 0.2) is 0 Å². The molecule has 0 aliphatic carbocycles. The second kappa shape index (κ2) is 7.92. The summed E-state index contributed by atoms with van der Waals surface area (Å²) in [7, 11) is 0. The van der Waals surface area contributed by atoms with Crippen molar-refractivity contribution < 1.29 is 9.53 Å². The molecule has 1 rings (SSSR count). The van der Waals surface area contributed by atoms with Gasteiger partial charge in [-0.15, -0.1) is 12.4 Å². The van der Waals surface area contributed by atoms with Crippen molar-refractivity contribution in [3.63, 3.8) is 0 Å². The SMILES string of the molecule is CCCOc1ccccc1NC(=O)C(C)N.Cl. The van der Waals surface area contributed by atoms with Gasteiger partial charge >= 0.3 is 0 Å². The van der Waals surface area contributed by atoms with Gasteiger partial charge < -0.3 is 15.8 Å². The molecule has 0 bridgehead atoms. The zero-order chi connectivity index (χ0) is 12.0. The Balaban J connectivity index is 0.00000256. The fourth-order valence-electron chi connectivity index (χ4n) is 1.15. The summed E-state index contributed by atoms with van der Waals surface area (Å²) in [5.41, 5.74) is 6.15. The molecule has 1 unspecified atom stereocenters. The zero-order valence-corrected chi connectivity index (χ0v) is 10.9. The average molecular weight is 259 g/mol. The lowest BCUT2D eigenvalue weighted by atomic mass is 10.2. The van der Waals surface area contributed by atoms with Gasteiger partial charge in [0.1, 0.15) is 5.75 Å². The van der Waals surface area contributed by atoms with E-state index in [2.05, 4.69) is 5.32 Å². The number of halogens is 1. The highest BCUT2D eigenvalue weighted by Gasteiger charge is 2.10. The molecule has 0 aromatic heterocycles. The Morgan fingerprint density at radius 2 is 2.12 bits per heavy atom. The number of para-hydroxylation sites is 2. The number of nitrogens with one attached hydrogen (secondary N) is 1. The maximum Gasteiger partial charge on any atom is 0.241 e. The van der Waals surface area contributed by atoms with E-state index in [0.29, 0.717) is 18.0 Å². The molecule has 0 fully saturated rings. The molecule has 96 valence electrons. The summed E-state index contributed by atoms with van der Waals surface area (Å²) in [6.07, 6.45) is 0.926. The number of amides is 1. The van der Waals surface area contributed by atoms with Crippen molar-refractivity contribution in [1.29, 1.82) is 0 Å².